The number of amides is 1. The summed E-state index contributed by atoms with van der Waals surface area (Å²) in [6, 6.07) is 22.8. The second-order valence-electron chi connectivity index (χ2n) is 8.19. The van der Waals surface area contributed by atoms with Crippen LogP contribution in [0.2, 0.25) is 5.02 Å². The first-order chi connectivity index (χ1) is 16.9. The van der Waals surface area contributed by atoms with Crippen molar-refractivity contribution in [1.29, 1.82) is 0 Å². The van der Waals surface area contributed by atoms with E-state index in [4.69, 9.17) is 11.6 Å². The third kappa shape index (κ3) is 4.85. The Morgan fingerprint density at radius 1 is 0.971 bits per heavy atom. The van der Waals surface area contributed by atoms with Crippen molar-refractivity contribution in [2.24, 2.45) is 0 Å². The summed E-state index contributed by atoms with van der Waals surface area (Å²) in [5.74, 6) is -0.829. The van der Waals surface area contributed by atoms with Crippen molar-refractivity contribution < 1.29 is 14.0 Å². The minimum Gasteiger partial charge on any atom is -0.356 e. The molecule has 0 radical (unpaired) electrons. The molecule has 2 N–H and O–H groups in total. The summed E-state index contributed by atoms with van der Waals surface area (Å²) in [7, 11) is 0. The standard InChI is InChI=1S/C27H20ClFN2O2S2/c28-22-6-1-2-7-24(22)35-25-23(32)15-27(31-26(25)33,18-12-13-34-16-18)17-4-3-5-21(14-17)30-20-10-8-19(29)9-11-20/h1-14,16,25,30H,15H2,(H,31,33). The lowest BCUT2D eigenvalue weighted by molar-refractivity contribution is -0.132. The Balaban J connectivity index is 1.48. The van der Waals surface area contributed by atoms with Crippen LogP contribution in [0.5, 0.6) is 0 Å². The Hall–Kier alpha value is -3.13. The number of nitrogens with one attached hydrogen (secondary N) is 2. The molecular formula is C27H20ClFN2O2S2. The first kappa shape index (κ1) is 23.6. The van der Waals surface area contributed by atoms with Gasteiger partial charge in [-0.25, -0.2) is 4.39 Å². The van der Waals surface area contributed by atoms with Crippen LogP contribution in [0.1, 0.15) is 17.5 Å². The van der Waals surface area contributed by atoms with E-state index in [1.165, 1.54) is 35.2 Å². The van der Waals surface area contributed by atoms with Crippen molar-refractivity contribution in [2.45, 2.75) is 22.1 Å². The Morgan fingerprint density at radius 2 is 1.77 bits per heavy atom. The van der Waals surface area contributed by atoms with Crippen molar-refractivity contribution >= 4 is 57.8 Å². The number of benzene rings is 3. The van der Waals surface area contributed by atoms with Crippen LogP contribution in [-0.2, 0) is 15.1 Å². The lowest BCUT2D eigenvalue weighted by Crippen LogP contribution is -2.57. The molecule has 4 nitrogen and oxygen atoms in total. The summed E-state index contributed by atoms with van der Waals surface area (Å²) in [4.78, 5) is 27.5. The van der Waals surface area contributed by atoms with Crippen LogP contribution in [0.4, 0.5) is 15.8 Å². The molecule has 1 amide bonds. The van der Waals surface area contributed by atoms with Crippen LogP contribution in [0, 0.1) is 5.82 Å². The van der Waals surface area contributed by atoms with Gasteiger partial charge in [-0.05, 0) is 76.5 Å². The maximum Gasteiger partial charge on any atom is 0.242 e. The summed E-state index contributed by atoms with van der Waals surface area (Å²) < 4.78 is 13.3. The third-order valence-electron chi connectivity index (χ3n) is 5.89. The lowest BCUT2D eigenvalue weighted by atomic mass is 9.77. The van der Waals surface area contributed by atoms with Gasteiger partial charge in [-0.15, -0.1) is 11.8 Å². The fourth-order valence-electron chi connectivity index (χ4n) is 4.19. The minimum absolute atomic E-state index is 0.109. The van der Waals surface area contributed by atoms with Crippen LogP contribution in [0.25, 0.3) is 0 Å². The molecule has 35 heavy (non-hydrogen) atoms. The maximum absolute atomic E-state index is 13.4. The van der Waals surface area contributed by atoms with Gasteiger partial charge >= 0.3 is 0 Å². The van der Waals surface area contributed by atoms with Gasteiger partial charge in [0.25, 0.3) is 0 Å². The molecule has 1 aliphatic rings. The molecule has 1 aliphatic heterocycles. The van der Waals surface area contributed by atoms with Gasteiger partial charge in [0, 0.05) is 22.7 Å². The zero-order chi connectivity index (χ0) is 24.4. The Morgan fingerprint density at radius 3 is 2.49 bits per heavy atom. The quantitative estimate of drug-likeness (QED) is 0.274. The number of rotatable bonds is 6. The van der Waals surface area contributed by atoms with Gasteiger partial charge in [0.05, 0.1) is 10.6 Å². The number of ketones is 1. The average Bonchev–Trinajstić information content (AvgIpc) is 3.40. The second kappa shape index (κ2) is 9.85. The number of thioether (sulfide) groups is 1. The van der Waals surface area contributed by atoms with Crippen molar-refractivity contribution in [1.82, 2.24) is 5.32 Å². The van der Waals surface area contributed by atoms with Crippen LogP contribution in [-0.4, -0.2) is 16.9 Å². The fourth-order valence-corrected chi connectivity index (χ4v) is 6.16. The van der Waals surface area contributed by atoms with E-state index in [9.17, 15) is 14.0 Å². The molecule has 0 aliphatic carbocycles. The molecule has 0 spiro atoms. The molecular weight excluding hydrogens is 503 g/mol. The SMILES string of the molecule is O=C1CC(c2ccsc2)(c2cccc(Nc3ccc(F)cc3)c2)NC(=O)C1Sc1ccccc1Cl. The Labute approximate surface area is 215 Å². The average molecular weight is 523 g/mol. The van der Waals surface area contributed by atoms with Gasteiger partial charge in [-0.2, -0.15) is 11.3 Å². The number of thiophene rings is 1. The van der Waals surface area contributed by atoms with Crippen LogP contribution in [0.3, 0.4) is 0 Å². The first-order valence-corrected chi connectivity index (χ1v) is 13.1. The summed E-state index contributed by atoms with van der Waals surface area (Å²) in [6.07, 6.45) is 0.109. The third-order valence-corrected chi connectivity index (χ3v) is 8.34. The van der Waals surface area contributed by atoms with Crippen LogP contribution >= 0.6 is 34.7 Å². The first-order valence-electron chi connectivity index (χ1n) is 10.9. The van der Waals surface area contributed by atoms with Crippen molar-refractivity contribution in [3.05, 3.63) is 112 Å². The normalized spacial score (nSPS) is 19.9. The molecule has 2 unspecified atom stereocenters. The van der Waals surface area contributed by atoms with Gasteiger partial charge in [0.2, 0.25) is 5.91 Å². The topological polar surface area (TPSA) is 58.2 Å². The molecule has 8 heteroatoms. The Bertz CT molecular complexity index is 1360. The van der Waals surface area contributed by atoms with E-state index in [1.54, 1.807) is 24.3 Å². The molecule has 176 valence electrons. The van der Waals surface area contributed by atoms with E-state index in [0.717, 1.165) is 22.5 Å². The van der Waals surface area contributed by atoms with Crippen molar-refractivity contribution in [3.63, 3.8) is 0 Å². The molecule has 0 saturated carbocycles. The van der Waals surface area contributed by atoms with E-state index in [0.29, 0.717) is 9.92 Å². The van der Waals surface area contributed by atoms with E-state index in [1.807, 2.05) is 53.2 Å². The summed E-state index contributed by atoms with van der Waals surface area (Å²) in [6.45, 7) is 0. The minimum atomic E-state index is -0.994. The monoisotopic (exact) mass is 522 g/mol. The largest absolute Gasteiger partial charge is 0.356 e. The smallest absolute Gasteiger partial charge is 0.242 e. The van der Waals surface area contributed by atoms with Gasteiger partial charge < -0.3 is 10.6 Å². The highest BCUT2D eigenvalue weighted by atomic mass is 35.5. The zero-order valence-corrected chi connectivity index (χ0v) is 20.7. The highest BCUT2D eigenvalue weighted by Crippen LogP contribution is 2.42. The van der Waals surface area contributed by atoms with Gasteiger partial charge in [-0.3, -0.25) is 9.59 Å². The van der Waals surface area contributed by atoms with Gasteiger partial charge in [0.15, 0.2) is 5.78 Å². The van der Waals surface area contributed by atoms with E-state index < -0.39 is 10.8 Å². The molecule has 1 saturated heterocycles. The molecule has 4 aromatic rings. The number of hydrogen-bond acceptors (Lipinski definition) is 5. The maximum atomic E-state index is 13.4. The molecule has 3 aromatic carbocycles. The summed E-state index contributed by atoms with van der Waals surface area (Å²) in [5, 5.41) is 9.94. The number of hydrogen-bond donors (Lipinski definition) is 2. The van der Waals surface area contributed by atoms with Gasteiger partial charge in [0.1, 0.15) is 11.1 Å². The number of anilines is 2. The summed E-state index contributed by atoms with van der Waals surface area (Å²) in [5.41, 5.74) is 2.13. The number of carbonyl (C=O) groups is 2. The van der Waals surface area contributed by atoms with Gasteiger partial charge in [-0.1, -0.05) is 35.9 Å². The van der Waals surface area contributed by atoms with E-state index in [-0.39, 0.29) is 23.9 Å². The number of halogens is 2. The number of piperidine rings is 1. The molecule has 1 aromatic heterocycles. The fraction of sp³-hybridized carbons (Fsp3) is 0.111. The molecule has 0 bridgehead atoms. The van der Waals surface area contributed by atoms with Crippen LogP contribution < -0.4 is 10.6 Å². The molecule has 2 atom stereocenters. The molecule has 2 heterocycles. The highest BCUT2D eigenvalue weighted by Gasteiger charge is 2.47. The number of Topliss-reactive ketones (excluding diaryl/α,β-unsaturated/α-hetero) is 1. The Kier molecular flexibility index (Phi) is 6.65. The van der Waals surface area contributed by atoms with Crippen molar-refractivity contribution in [2.75, 3.05) is 5.32 Å². The molecule has 1 fully saturated rings. The second-order valence-corrected chi connectivity index (χ2v) is 10.5. The van der Waals surface area contributed by atoms with E-state index in [2.05, 4.69) is 10.6 Å². The molecule has 5 rings (SSSR count). The van der Waals surface area contributed by atoms with Crippen LogP contribution in [0.15, 0.2) is 94.5 Å². The predicted octanol–water partition coefficient (Wildman–Crippen LogP) is 6.78. The van der Waals surface area contributed by atoms with Crippen molar-refractivity contribution in [3.8, 4) is 0 Å². The van der Waals surface area contributed by atoms with E-state index >= 15 is 0 Å². The lowest BCUT2D eigenvalue weighted by Gasteiger charge is -2.40. The predicted molar refractivity (Wildman–Crippen MR) is 140 cm³/mol. The number of carbonyl (C=O) groups excluding carboxylic acids is 2. The summed E-state index contributed by atoms with van der Waals surface area (Å²) >= 11 is 8.95. The highest BCUT2D eigenvalue weighted by molar-refractivity contribution is 8.01. The zero-order valence-electron chi connectivity index (χ0n) is 18.3.